The van der Waals surface area contributed by atoms with Crippen molar-refractivity contribution in [1.82, 2.24) is 25.1 Å². The van der Waals surface area contributed by atoms with Crippen molar-refractivity contribution in [3.63, 3.8) is 0 Å². The second kappa shape index (κ2) is 15.3. The number of aliphatic carboxylic acids is 1. The molecule has 2 amide bonds. The topological polar surface area (TPSA) is 179 Å². The van der Waals surface area contributed by atoms with E-state index in [0.717, 1.165) is 6.42 Å². The van der Waals surface area contributed by atoms with Crippen LogP contribution in [0.15, 0.2) is 24.3 Å². The number of aromatic nitrogens is 2. The molecule has 16 heteroatoms. The fourth-order valence-electron chi connectivity index (χ4n) is 5.08. The molecule has 2 aromatic rings. The summed E-state index contributed by atoms with van der Waals surface area (Å²) in [5.41, 5.74) is -0.231. The van der Waals surface area contributed by atoms with Crippen molar-refractivity contribution in [3.05, 3.63) is 40.5 Å². The molecule has 1 saturated carbocycles. The minimum atomic E-state index is -1.24. The highest BCUT2D eigenvalue weighted by Crippen LogP contribution is 2.39. The molecule has 250 valence electrons. The maximum atomic E-state index is 13.6. The van der Waals surface area contributed by atoms with E-state index in [1.165, 1.54) is 20.7 Å². The number of carbonyl (C=O) groups excluding carboxylic acids is 4. The molecule has 2 heterocycles. The van der Waals surface area contributed by atoms with E-state index in [1.54, 1.807) is 39.0 Å². The summed E-state index contributed by atoms with van der Waals surface area (Å²) in [5, 5.41) is 18.2. The highest BCUT2D eigenvalue weighted by atomic mass is 35.5. The Kier molecular flexibility index (Phi) is 11.5. The Balaban J connectivity index is 1.57. The number of piperazine rings is 1. The summed E-state index contributed by atoms with van der Waals surface area (Å²) in [5.74, 6) is -2.82. The Morgan fingerprint density at radius 1 is 1.07 bits per heavy atom. The predicted molar refractivity (Wildman–Crippen MR) is 162 cm³/mol. The molecule has 46 heavy (non-hydrogen) atoms. The maximum absolute atomic E-state index is 13.6. The number of esters is 1. The molecular weight excluding hydrogens is 626 g/mol. The molecule has 1 saturated heterocycles. The van der Waals surface area contributed by atoms with Crippen molar-refractivity contribution in [3.8, 4) is 11.6 Å². The Morgan fingerprint density at radius 2 is 1.76 bits per heavy atom. The van der Waals surface area contributed by atoms with E-state index in [9.17, 15) is 29.1 Å². The van der Waals surface area contributed by atoms with E-state index in [0.29, 0.717) is 29.1 Å². The van der Waals surface area contributed by atoms with Gasteiger partial charge in [0.1, 0.15) is 6.04 Å². The largest absolute Gasteiger partial charge is 0.527 e. The Hall–Kier alpha value is -4.37. The summed E-state index contributed by atoms with van der Waals surface area (Å²) in [4.78, 5) is 69.6. The first kappa shape index (κ1) is 34.5. The zero-order valence-corrected chi connectivity index (χ0v) is 26.7. The first-order chi connectivity index (χ1) is 22.0. The molecule has 15 nitrogen and oxygen atoms in total. The third-order valence-corrected chi connectivity index (χ3v) is 8.16. The van der Waals surface area contributed by atoms with E-state index in [-0.39, 0.29) is 63.8 Å². The van der Waals surface area contributed by atoms with E-state index < -0.39 is 41.6 Å². The number of ether oxygens (including phenoxy) is 3. The first-order valence-corrected chi connectivity index (χ1v) is 15.5. The molecule has 1 aromatic carbocycles. The lowest BCUT2D eigenvalue weighted by Gasteiger charge is -2.38. The summed E-state index contributed by atoms with van der Waals surface area (Å²) in [7, 11) is 0. The van der Waals surface area contributed by atoms with E-state index in [4.69, 9.17) is 30.6 Å². The molecule has 2 aliphatic rings. The Labute approximate surface area is 270 Å². The van der Waals surface area contributed by atoms with Gasteiger partial charge in [0.05, 0.1) is 32.0 Å². The van der Waals surface area contributed by atoms with Gasteiger partial charge < -0.3 is 34.4 Å². The zero-order valence-electron chi connectivity index (χ0n) is 26.0. The van der Waals surface area contributed by atoms with Gasteiger partial charge >= 0.3 is 18.1 Å². The lowest BCUT2D eigenvalue weighted by Crippen LogP contribution is -2.55. The number of carbonyl (C=O) groups is 5. The molecule has 2 fully saturated rings. The smallest absolute Gasteiger partial charge is 0.481 e. The molecular formula is C30H38ClN5O10. The van der Waals surface area contributed by atoms with Gasteiger partial charge in [-0.25, -0.2) is 9.59 Å². The number of carboxylic acids is 1. The molecule has 1 aliphatic carbocycles. The molecule has 1 aromatic heterocycles. The zero-order chi connectivity index (χ0) is 33.4. The summed E-state index contributed by atoms with van der Waals surface area (Å²) >= 11 is 6.38. The molecule has 0 radical (unpaired) electrons. The quantitative estimate of drug-likeness (QED) is 0.300. The Morgan fingerprint density at radius 3 is 2.37 bits per heavy atom. The van der Waals surface area contributed by atoms with Crippen molar-refractivity contribution in [2.75, 3.05) is 39.4 Å². The van der Waals surface area contributed by atoms with Gasteiger partial charge in [-0.3, -0.25) is 14.4 Å². The van der Waals surface area contributed by atoms with E-state index in [2.05, 4.69) is 10.4 Å². The van der Waals surface area contributed by atoms with Gasteiger partial charge in [0.25, 0.3) is 5.91 Å². The van der Waals surface area contributed by atoms with Crippen LogP contribution < -0.4 is 10.1 Å². The highest BCUT2D eigenvalue weighted by molar-refractivity contribution is 6.31. The van der Waals surface area contributed by atoms with Crippen LogP contribution in [0.3, 0.4) is 0 Å². The number of hydrogen-bond donors (Lipinski definition) is 2. The van der Waals surface area contributed by atoms with Gasteiger partial charge in [-0.1, -0.05) is 17.7 Å². The van der Waals surface area contributed by atoms with Gasteiger partial charge in [0.15, 0.2) is 5.69 Å². The number of carboxylic acid groups (broad SMARTS) is 1. The Bertz CT molecular complexity index is 1450. The van der Waals surface area contributed by atoms with Crippen LogP contribution in [0, 0.1) is 6.92 Å². The van der Waals surface area contributed by atoms with Crippen LogP contribution in [-0.4, -0.2) is 106 Å². The van der Waals surface area contributed by atoms with Crippen molar-refractivity contribution in [1.29, 1.82) is 0 Å². The number of hydroxylamine groups is 2. The first-order valence-electron chi connectivity index (χ1n) is 15.1. The average molecular weight is 664 g/mol. The van der Waals surface area contributed by atoms with Crippen LogP contribution >= 0.6 is 11.6 Å². The van der Waals surface area contributed by atoms with E-state index in [1.807, 2.05) is 0 Å². The molecule has 2 N–H and O–H groups in total. The summed E-state index contributed by atoms with van der Waals surface area (Å²) in [6, 6.07) is 5.30. The number of halogens is 1. The standard InChI is InChI=1S/C30H38ClN5O10/c1-4-43-28(41)30(12-7-13-30)45-24-18-22(33-36(24)23-9-6-8-20(31)19(23)3)26(39)32-21(10-11-25(37)38)27(40)34-14-16-35(17-15-34)46-29(42)44-5-2/h6,8-9,18,21H,4-5,7,10-17H2,1-3H3,(H,32,39)(H,37,38)/t21-/m0/s1. The van der Waals surface area contributed by atoms with E-state index >= 15 is 0 Å². The van der Waals surface area contributed by atoms with Gasteiger partial charge in [-0.2, -0.15) is 9.78 Å². The van der Waals surface area contributed by atoms with Gasteiger partial charge in [0.2, 0.25) is 17.4 Å². The molecule has 1 aliphatic heterocycles. The van der Waals surface area contributed by atoms with Crippen LogP contribution in [-0.2, 0) is 28.7 Å². The number of benzene rings is 1. The number of amides is 2. The number of rotatable bonds is 13. The average Bonchev–Trinajstić information content (AvgIpc) is 3.42. The van der Waals surface area contributed by atoms with Crippen molar-refractivity contribution < 1.29 is 48.1 Å². The molecule has 0 bridgehead atoms. The molecule has 0 unspecified atom stereocenters. The second-order valence-electron chi connectivity index (χ2n) is 10.8. The minimum Gasteiger partial charge on any atom is -0.481 e. The fourth-order valence-corrected chi connectivity index (χ4v) is 5.25. The van der Waals surface area contributed by atoms with Gasteiger partial charge in [0, 0.05) is 30.6 Å². The minimum absolute atomic E-state index is 0.0920. The fraction of sp³-hybridized carbons (Fsp3) is 0.533. The SMILES string of the molecule is CCOC(=O)ON1CCN(C(=O)[C@H](CCC(=O)O)NC(=O)c2cc(OC3(C(=O)OCC)CCC3)n(-c3cccc(Cl)c3C)n2)CC1. The number of nitrogens with zero attached hydrogens (tertiary/aromatic N) is 4. The molecule has 4 rings (SSSR count). The molecule has 1 atom stereocenters. The van der Waals surface area contributed by atoms with Gasteiger partial charge in [-0.05, 0) is 64.2 Å². The monoisotopic (exact) mass is 663 g/mol. The normalized spacial score (nSPS) is 16.5. The summed E-state index contributed by atoms with van der Waals surface area (Å²) < 4.78 is 17.7. The van der Waals surface area contributed by atoms with Crippen molar-refractivity contribution >= 4 is 41.5 Å². The predicted octanol–water partition coefficient (Wildman–Crippen LogP) is 2.89. The summed E-state index contributed by atoms with van der Waals surface area (Å²) in [6.07, 6.45) is 0.161. The lowest BCUT2D eigenvalue weighted by atomic mass is 9.80. The second-order valence-corrected chi connectivity index (χ2v) is 11.2. The summed E-state index contributed by atoms with van der Waals surface area (Å²) in [6.45, 7) is 6.14. The van der Waals surface area contributed by atoms with Crippen LogP contribution in [0.2, 0.25) is 5.02 Å². The highest BCUT2D eigenvalue weighted by Gasteiger charge is 2.49. The van der Waals surface area contributed by atoms with Crippen LogP contribution in [0.25, 0.3) is 5.69 Å². The third kappa shape index (κ3) is 8.07. The molecule has 0 spiro atoms. The van der Waals surface area contributed by atoms with Crippen LogP contribution in [0.4, 0.5) is 4.79 Å². The number of nitrogens with one attached hydrogen (secondary N) is 1. The number of hydrogen-bond acceptors (Lipinski definition) is 11. The maximum Gasteiger partial charge on any atom is 0.527 e. The lowest BCUT2D eigenvalue weighted by molar-refractivity contribution is -0.170. The van der Waals surface area contributed by atoms with Crippen molar-refractivity contribution in [2.45, 2.75) is 64.5 Å². The van der Waals surface area contributed by atoms with Crippen LogP contribution in [0.5, 0.6) is 5.88 Å². The van der Waals surface area contributed by atoms with Crippen molar-refractivity contribution in [2.24, 2.45) is 0 Å². The van der Waals surface area contributed by atoms with Gasteiger partial charge in [-0.15, -0.1) is 5.06 Å². The van der Waals surface area contributed by atoms with Crippen LogP contribution in [0.1, 0.15) is 62.0 Å². The third-order valence-electron chi connectivity index (χ3n) is 7.75.